The van der Waals surface area contributed by atoms with Crippen LogP contribution in [-0.2, 0) is 7.05 Å². The Labute approximate surface area is 110 Å². The molecule has 0 N–H and O–H groups in total. The number of hydrogen-bond donors (Lipinski definition) is 0. The van der Waals surface area contributed by atoms with Crippen LogP contribution in [0, 0.1) is 0 Å². The second-order valence-corrected chi connectivity index (χ2v) is 5.37. The van der Waals surface area contributed by atoms with Crippen molar-refractivity contribution in [3.8, 4) is 0 Å². The van der Waals surface area contributed by atoms with Gasteiger partial charge in [0.2, 0.25) is 5.95 Å². The van der Waals surface area contributed by atoms with Crippen molar-refractivity contribution < 1.29 is 0 Å². The number of alkyl halides is 1. The summed E-state index contributed by atoms with van der Waals surface area (Å²) in [6.45, 7) is 1.03. The Hall–Kier alpha value is -1.03. The maximum atomic E-state index is 4.76. The van der Waals surface area contributed by atoms with Gasteiger partial charge in [0.25, 0.3) is 0 Å². The Morgan fingerprint density at radius 2 is 2.18 bits per heavy atom. The van der Waals surface area contributed by atoms with Crippen LogP contribution in [0.4, 0.5) is 5.95 Å². The fourth-order valence-electron chi connectivity index (χ4n) is 2.31. The number of para-hydroxylation sites is 2. The highest BCUT2D eigenvalue weighted by Crippen LogP contribution is 2.32. The van der Waals surface area contributed by atoms with Crippen molar-refractivity contribution in [1.29, 1.82) is 0 Å². The molecule has 1 saturated carbocycles. The van der Waals surface area contributed by atoms with Gasteiger partial charge in [-0.05, 0) is 25.0 Å². The molecular formula is C13H16BrN3. The van der Waals surface area contributed by atoms with Gasteiger partial charge < -0.3 is 9.47 Å². The van der Waals surface area contributed by atoms with Crippen LogP contribution >= 0.6 is 15.9 Å². The lowest BCUT2D eigenvalue weighted by Crippen LogP contribution is -2.30. The van der Waals surface area contributed by atoms with E-state index < -0.39 is 0 Å². The Kier molecular flexibility index (Phi) is 2.82. The van der Waals surface area contributed by atoms with E-state index >= 15 is 0 Å². The van der Waals surface area contributed by atoms with Crippen LogP contribution in [0.1, 0.15) is 12.8 Å². The molecule has 1 heterocycles. The first-order chi connectivity index (χ1) is 8.31. The lowest BCUT2D eigenvalue weighted by Gasteiger charge is -2.22. The van der Waals surface area contributed by atoms with Gasteiger partial charge >= 0.3 is 0 Å². The lowest BCUT2D eigenvalue weighted by molar-refractivity contribution is 0.763. The van der Waals surface area contributed by atoms with E-state index in [4.69, 9.17) is 4.98 Å². The van der Waals surface area contributed by atoms with E-state index in [0.717, 1.165) is 23.3 Å². The molecule has 17 heavy (non-hydrogen) atoms. The van der Waals surface area contributed by atoms with Gasteiger partial charge in [-0.15, -0.1) is 0 Å². The third-order valence-electron chi connectivity index (χ3n) is 3.33. The maximum Gasteiger partial charge on any atom is 0.206 e. The van der Waals surface area contributed by atoms with E-state index in [9.17, 15) is 0 Å². The molecule has 0 radical (unpaired) electrons. The van der Waals surface area contributed by atoms with Gasteiger partial charge in [-0.1, -0.05) is 28.1 Å². The highest BCUT2D eigenvalue weighted by atomic mass is 79.9. The van der Waals surface area contributed by atoms with Gasteiger partial charge in [-0.3, -0.25) is 0 Å². The highest BCUT2D eigenvalue weighted by Gasteiger charge is 2.31. The van der Waals surface area contributed by atoms with E-state index in [0.29, 0.717) is 6.04 Å². The molecule has 4 heteroatoms. The number of benzene rings is 1. The number of fused-ring (bicyclic) bond motifs is 1. The van der Waals surface area contributed by atoms with Crippen molar-refractivity contribution in [2.24, 2.45) is 7.05 Å². The van der Waals surface area contributed by atoms with Crippen LogP contribution in [0.5, 0.6) is 0 Å². The summed E-state index contributed by atoms with van der Waals surface area (Å²) >= 11 is 3.53. The van der Waals surface area contributed by atoms with Crippen molar-refractivity contribution in [2.45, 2.75) is 18.9 Å². The largest absolute Gasteiger partial charge is 0.338 e. The van der Waals surface area contributed by atoms with Crippen molar-refractivity contribution in [3.05, 3.63) is 24.3 Å². The van der Waals surface area contributed by atoms with Crippen LogP contribution in [0.3, 0.4) is 0 Å². The molecule has 0 amide bonds. The SMILES string of the molecule is Cn1c(N(CCBr)C2CC2)nc2ccccc21. The molecule has 0 bridgehead atoms. The Morgan fingerprint density at radius 1 is 1.41 bits per heavy atom. The van der Waals surface area contributed by atoms with E-state index in [1.54, 1.807) is 0 Å². The van der Waals surface area contributed by atoms with E-state index in [1.165, 1.54) is 18.4 Å². The normalized spacial score (nSPS) is 15.4. The third kappa shape index (κ3) is 1.95. The summed E-state index contributed by atoms with van der Waals surface area (Å²) in [4.78, 5) is 7.19. The van der Waals surface area contributed by atoms with Crippen LogP contribution in [0.15, 0.2) is 24.3 Å². The molecule has 1 aliphatic rings. The van der Waals surface area contributed by atoms with Crippen molar-refractivity contribution in [1.82, 2.24) is 9.55 Å². The number of anilines is 1. The average molecular weight is 294 g/mol. The van der Waals surface area contributed by atoms with Crippen molar-refractivity contribution in [3.63, 3.8) is 0 Å². The topological polar surface area (TPSA) is 21.1 Å². The number of halogens is 1. The Morgan fingerprint density at radius 3 is 2.82 bits per heavy atom. The second kappa shape index (κ2) is 4.33. The van der Waals surface area contributed by atoms with Crippen molar-refractivity contribution >= 4 is 32.9 Å². The summed E-state index contributed by atoms with van der Waals surface area (Å²) in [5.41, 5.74) is 2.30. The first kappa shape index (κ1) is 11.1. The number of aromatic nitrogens is 2. The van der Waals surface area contributed by atoms with E-state index in [1.807, 2.05) is 6.07 Å². The van der Waals surface area contributed by atoms with Crippen LogP contribution < -0.4 is 4.90 Å². The van der Waals surface area contributed by atoms with Gasteiger partial charge in [-0.2, -0.15) is 0 Å². The lowest BCUT2D eigenvalue weighted by atomic mass is 10.3. The number of rotatable bonds is 4. The molecule has 0 atom stereocenters. The predicted octanol–water partition coefficient (Wildman–Crippen LogP) is 2.94. The molecule has 3 nitrogen and oxygen atoms in total. The molecule has 90 valence electrons. The maximum absolute atomic E-state index is 4.76. The minimum absolute atomic E-state index is 0.697. The smallest absolute Gasteiger partial charge is 0.206 e. The number of imidazole rings is 1. The predicted molar refractivity (Wildman–Crippen MR) is 74.9 cm³/mol. The van der Waals surface area contributed by atoms with Gasteiger partial charge in [0.15, 0.2) is 0 Å². The summed E-state index contributed by atoms with van der Waals surface area (Å²) in [6, 6.07) is 9.02. The number of aryl methyl sites for hydroxylation is 1. The van der Waals surface area contributed by atoms with Gasteiger partial charge in [0, 0.05) is 25.0 Å². The number of nitrogens with zero attached hydrogens (tertiary/aromatic N) is 3. The summed E-state index contributed by atoms with van der Waals surface area (Å²) in [5.74, 6) is 1.10. The molecule has 0 spiro atoms. The third-order valence-corrected chi connectivity index (χ3v) is 3.69. The van der Waals surface area contributed by atoms with Crippen LogP contribution in [0.25, 0.3) is 11.0 Å². The molecule has 0 saturated heterocycles. The monoisotopic (exact) mass is 293 g/mol. The van der Waals surface area contributed by atoms with Gasteiger partial charge in [0.1, 0.15) is 0 Å². The first-order valence-electron chi connectivity index (χ1n) is 6.05. The molecule has 0 aliphatic heterocycles. The summed E-state index contributed by atoms with van der Waals surface area (Å²) < 4.78 is 2.20. The number of hydrogen-bond acceptors (Lipinski definition) is 2. The molecular weight excluding hydrogens is 278 g/mol. The highest BCUT2D eigenvalue weighted by molar-refractivity contribution is 9.09. The van der Waals surface area contributed by atoms with E-state index in [-0.39, 0.29) is 0 Å². The van der Waals surface area contributed by atoms with Crippen LogP contribution in [-0.4, -0.2) is 27.5 Å². The fourth-order valence-corrected chi connectivity index (χ4v) is 2.69. The minimum Gasteiger partial charge on any atom is -0.338 e. The fraction of sp³-hybridized carbons (Fsp3) is 0.462. The zero-order valence-electron chi connectivity index (χ0n) is 9.93. The van der Waals surface area contributed by atoms with Gasteiger partial charge in [0.05, 0.1) is 11.0 Å². The van der Waals surface area contributed by atoms with E-state index in [2.05, 4.69) is 50.6 Å². The first-order valence-corrected chi connectivity index (χ1v) is 7.17. The zero-order valence-corrected chi connectivity index (χ0v) is 11.5. The summed E-state index contributed by atoms with van der Waals surface area (Å²) in [6.07, 6.45) is 2.60. The molecule has 1 aromatic heterocycles. The second-order valence-electron chi connectivity index (χ2n) is 4.57. The molecule has 3 rings (SSSR count). The quantitative estimate of drug-likeness (QED) is 0.808. The average Bonchev–Trinajstić information content (AvgIpc) is 3.13. The molecule has 0 unspecified atom stereocenters. The van der Waals surface area contributed by atoms with Gasteiger partial charge in [-0.25, -0.2) is 4.98 Å². The van der Waals surface area contributed by atoms with Crippen molar-refractivity contribution in [2.75, 3.05) is 16.8 Å². The summed E-state index contributed by atoms with van der Waals surface area (Å²) in [7, 11) is 2.11. The molecule has 2 aromatic rings. The molecule has 1 aliphatic carbocycles. The minimum atomic E-state index is 0.697. The standard InChI is InChI=1S/C13H16BrN3/c1-16-12-5-3-2-4-11(12)15-13(16)17(9-8-14)10-6-7-10/h2-5,10H,6-9H2,1H3. The Balaban J connectivity index is 2.05. The zero-order chi connectivity index (χ0) is 11.8. The Bertz CT molecular complexity index is 530. The summed E-state index contributed by atoms with van der Waals surface area (Å²) in [5, 5.41) is 0.993. The molecule has 1 fully saturated rings. The van der Waals surface area contributed by atoms with Crippen LogP contribution in [0.2, 0.25) is 0 Å². The molecule has 1 aromatic carbocycles.